The summed E-state index contributed by atoms with van der Waals surface area (Å²) >= 11 is 0. The van der Waals surface area contributed by atoms with Gasteiger partial charge in [-0.15, -0.1) is 0 Å². The number of ketones is 1. The van der Waals surface area contributed by atoms with Gasteiger partial charge >= 0.3 is 0 Å². The number of aliphatic hydroxyl groups is 1. The molecule has 18 heavy (non-hydrogen) atoms. The molecule has 1 rings (SSSR count). The number of aliphatic hydroxyl groups excluding tert-OH is 1. The van der Waals surface area contributed by atoms with Crippen molar-refractivity contribution in [2.24, 2.45) is 0 Å². The molecular formula is C15H26O3. The average molecular weight is 254 g/mol. The highest BCUT2D eigenvalue weighted by Crippen LogP contribution is 2.16. The van der Waals surface area contributed by atoms with Gasteiger partial charge in [0.15, 0.2) is 12.1 Å². The van der Waals surface area contributed by atoms with Gasteiger partial charge in [-0.2, -0.15) is 0 Å². The van der Waals surface area contributed by atoms with Gasteiger partial charge in [-0.3, -0.25) is 4.79 Å². The highest BCUT2D eigenvalue weighted by Gasteiger charge is 2.22. The molecule has 1 aliphatic rings. The Labute approximate surface area is 110 Å². The van der Waals surface area contributed by atoms with Crippen LogP contribution in [0.15, 0.2) is 12.2 Å². The molecule has 0 aromatic heterocycles. The second-order valence-corrected chi connectivity index (χ2v) is 5.04. The Bertz CT molecular complexity index is 260. The lowest BCUT2D eigenvalue weighted by Crippen LogP contribution is -2.31. The second-order valence-electron chi connectivity index (χ2n) is 5.04. The molecule has 0 aromatic rings. The Morgan fingerprint density at radius 2 is 1.72 bits per heavy atom. The minimum atomic E-state index is -0.901. The Balaban J connectivity index is 1.97. The summed E-state index contributed by atoms with van der Waals surface area (Å²) < 4.78 is 5.18. The fourth-order valence-corrected chi connectivity index (χ4v) is 2.24. The van der Waals surface area contributed by atoms with E-state index in [2.05, 4.69) is 6.92 Å². The maximum atomic E-state index is 11.5. The standard InChI is InChI=1S/C15H26O3/c1-2-3-4-5-6-7-8-9-10-14-13(16)11-12-15(17)18-14/h11-12,14-15,17H,2-10H2,1H3. The van der Waals surface area contributed by atoms with Crippen molar-refractivity contribution in [3.8, 4) is 0 Å². The van der Waals surface area contributed by atoms with Gasteiger partial charge in [0.1, 0.15) is 6.10 Å². The van der Waals surface area contributed by atoms with Crippen LogP contribution in [0.3, 0.4) is 0 Å². The van der Waals surface area contributed by atoms with E-state index >= 15 is 0 Å². The monoisotopic (exact) mass is 254 g/mol. The maximum absolute atomic E-state index is 11.5. The van der Waals surface area contributed by atoms with Crippen LogP contribution >= 0.6 is 0 Å². The molecule has 1 N–H and O–H groups in total. The molecule has 3 nitrogen and oxygen atoms in total. The van der Waals surface area contributed by atoms with Gasteiger partial charge in [0.25, 0.3) is 0 Å². The van der Waals surface area contributed by atoms with Crippen LogP contribution in [0.25, 0.3) is 0 Å². The number of carbonyl (C=O) groups is 1. The first-order chi connectivity index (χ1) is 8.74. The van der Waals surface area contributed by atoms with Crippen molar-refractivity contribution >= 4 is 5.78 Å². The Morgan fingerprint density at radius 1 is 1.11 bits per heavy atom. The number of unbranched alkanes of at least 4 members (excludes halogenated alkanes) is 7. The third-order valence-corrected chi connectivity index (χ3v) is 3.37. The summed E-state index contributed by atoms with van der Waals surface area (Å²) in [7, 11) is 0. The molecule has 1 heterocycles. The molecule has 0 fully saturated rings. The van der Waals surface area contributed by atoms with Gasteiger partial charge in [-0.25, -0.2) is 0 Å². The second kappa shape index (κ2) is 9.29. The maximum Gasteiger partial charge on any atom is 0.184 e. The third kappa shape index (κ3) is 6.31. The van der Waals surface area contributed by atoms with Gasteiger partial charge < -0.3 is 9.84 Å². The summed E-state index contributed by atoms with van der Waals surface area (Å²) in [6.45, 7) is 2.23. The summed E-state index contributed by atoms with van der Waals surface area (Å²) in [5, 5.41) is 9.26. The lowest BCUT2D eigenvalue weighted by Gasteiger charge is -2.21. The number of hydrogen-bond donors (Lipinski definition) is 1. The van der Waals surface area contributed by atoms with Gasteiger partial charge in [0.05, 0.1) is 0 Å². The van der Waals surface area contributed by atoms with E-state index in [1.54, 1.807) is 0 Å². The highest BCUT2D eigenvalue weighted by molar-refractivity contribution is 5.94. The van der Waals surface area contributed by atoms with Crippen molar-refractivity contribution < 1.29 is 14.6 Å². The van der Waals surface area contributed by atoms with Gasteiger partial charge in [0.2, 0.25) is 0 Å². The lowest BCUT2D eigenvalue weighted by molar-refractivity contribution is -0.149. The van der Waals surface area contributed by atoms with Crippen LogP contribution in [0, 0.1) is 0 Å². The van der Waals surface area contributed by atoms with Crippen molar-refractivity contribution in [2.45, 2.75) is 77.1 Å². The predicted molar refractivity (Wildman–Crippen MR) is 72.3 cm³/mol. The van der Waals surface area contributed by atoms with Crippen LogP contribution in [-0.4, -0.2) is 23.3 Å². The molecule has 0 radical (unpaired) electrons. The molecule has 1 aliphatic heterocycles. The third-order valence-electron chi connectivity index (χ3n) is 3.37. The fourth-order valence-electron chi connectivity index (χ4n) is 2.24. The van der Waals surface area contributed by atoms with E-state index in [9.17, 15) is 9.90 Å². The molecule has 0 amide bonds. The molecule has 0 saturated heterocycles. The summed E-state index contributed by atoms with van der Waals surface area (Å²) in [4.78, 5) is 11.5. The normalized spacial score (nSPS) is 23.6. The zero-order chi connectivity index (χ0) is 13.2. The average Bonchev–Trinajstić information content (AvgIpc) is 2.36. The van der Waals surface area contributed by atoms with Crippen LogP contribution in [0.5, 0.6) is 0 Å². The Morgan fingerprint density at radius 3 is 2.39 bits per heavy atom. The first-order valence-electron chi connectivity index (χ1n) is 7.29. The van der Waals surface area contributed by atoms with Gasteiger partial charge in [-0.05, 0) is 18.6 Å². The molecule has 0 bridgehead atoms. The summed E-state index contributed by atoms with van der Waals surface area (Å²) in [5.74, 6) is -0.0109. The van der Waals surface area contributed by atoms with Gasteiger partial charge in [0, 0.05) is 0 Å². The minimum Gasteiger partial charge on any atom is -0.365 e. The molecule has 2 unspecified atom stereocenters. The van der Waals surface area contributed by atoms with Gasteiger partial charge in [-0.1, -0.05) is 58.3 Å². The van der Waals surface area contributed by atoms with E-state index in [4.69, 9.17) is 4.74 Å². The van der Waals surface area contributed by atoms with Crippen molar-refractivity contribution in [2.75, 3.05) is 0 Å². The fraction of sp³-hybridized carbons (Fsp3) is 0.800. The van der Waals surface area contributed by atoms with Crippen LogP contribution in [0.1, 0.15) is 64.7 Å². The number of hydrogen-bond acceptors (Lipinski definition) is 3. The lowest BCUT2D eigenvalue weighted by atomic mass is 10.0. The number of carbonyl (C=O) groups excluding carboxylic acids is 1. The largest absolute Gasteiger partial charge is 0.365 e. The molecule has 0 aliphatic carbocycles. The number of rotatable bonds is 9. The quantitative estimate of drug-likeness (QED) is 0.642. The van der Waals surface area contributed by atoms with E-state index in [0.29, 0.717) is 0 Å². The van der Waals surface area contributed by atoms with E-state index in [1.807, 2.05) is 0 Å². The summed E-state index contributed by atoms with van der Waals surface area (Å²) in [6, 6.07) is 0. The first-order valence-corrected chi connectivity index (χ1v) is 7.29. The highest BCUT2D eigenvalue weighted by atomic mass is 16.6. The Kier molecular flexibility index (Phi) is 7.94. The Hall–Kier alpha value is -0.670. The first kappa shape index (κ1) is 15.4. The molecule has 2 atom stereocenters. The topological polar surface area (TPSA) is 46.5 Å². The van der Waals surface area contributed by atoms with Crippen molar-refractivity contribution in [1.82, 2.24) is 0 Å². The van der Waals surface area contributed by atoms with E-state index in [-0.39, 0.29) is 5.78 Å². The van der Waals surface area contributed by atoms with Crippen LogP contribution < -0.4 is 0 Å². The summed E-state index contributed by atoms with van der Waals surface area (Å²) in [6.07, 6.45) is 12.2. The predicted octanol–water partition coefficient (Wildman–Crippen LogP) is 3.36. The molecule has 0 spiro atoms. The van der Waals surface area contributed by atoms with Crippen LogP contribution in [0.2, 0.25) is 0 Å². The van der Waals surface area contributed by atoms with Crippen molar-refractivity contribution in [3.63, 3.8) is 0 Å². The SMILES string of the molecule is CCCCCCCCCCC1OC(O)C=CC1=O. The molecule has 3 heteroatoms. The van der Waals surface area contributed by atoms with E-state index in [0.717, 1.165) is 19.3 Å². The molecule has 104 valence electrons. The zero-order valence-corrected chi connectivity index (χ0v) is 11.4. The van der Waals surface area contributed by atoms with E-state index in [1.165, 1.54) is 50.7 Å². The zero-order valence-electron chi connectivity index (χ0n) is 11.4. The van der Waals surface area contributed by atoms with Crippen LogP contribution in [0.4, 0.5) is 0 Å². The molecule has 0 saturated carbocycles. The smallest absolute Gasteiger partial charge is 0.184 e. The van der Waals surface area contributed by atoms with Crippen molar-refractivity contribution in [1.29, 1.82) is 0 Å². The summed E-state index contributed by atoms with van der Waals surface area (Å²) in [5.41, 5.74) is 0. The van der Waals surface area contributed by atoms with E-state index < -0.39 is 12.4 Å². The molecular weight excluding hydrogens is 228 g/mol. The van der Waals surface area contributed by atoms with Crippen molar-refractivity contribution in [3.05, 3.63) is 12.2 Å². The number of ether oxygens (including phenoxy) is 1. The molecule has 0 aromatic carbocycles. The minimum absolute atomic E-state index is 0.0109. The van der Waals surface area contributed by atoms with Crippen LogP contribution in [-0.2, 0) is 9.53 Å².